The first-order chi connectivity index (χ1) is 21.2. The Labute approximate surface area is 270 Å². The highest BCUT2D eigenvalue weighted by molar-refractivity contribution is 7.80. The molecule has 3 aliphatic rings. The second kappa shape index (κ2) is 18.3. The van der Waals surface area contributed by atoms with Crippen molar-refractivity contribution in [2.24, 2.45) is 0 Å². The van der Waals surface area contributed by atoms with Crippen LogP contribution >= 0.6 is 36.1 Å². The van der Waals surface area contributed by atoms with E-state index in [1.807, 2.05) is 0 Å². The van der Waals surface area contributed by atoms with Crippen molar-refractivity contribution in [3.8, 4) is 0 Å². The van der Waals surface area contributed by atoms with Gasteiger partial charge in [-0.2, -0.15) is 12.6 Å². The van der Waals surface area contributed by atoms with Crippen LogP contribution in [0.25, 0.3) is 4.85 Å². The van der Waals surface area contributed by atoms with E-state index in [0.29, 0.717) is 12.2 Å². The second-order valence-electron chi connectivity index (χ2n) is 10.1. The van der Waals surface area contributed by atoms with E-state index in [-0.39, 0.29) is 39.0 Å². The molecule has 6 radical (unpaired) electrons. The Balaban J connectivity index is 1.55. The van der Waals surface area contributed by atoms with Gasteiger partial charge < -0.3 is 33.9 Å². The van der Waals surface area contributed by atoms with Gasteiger partial charge in [-0.15, -0.1) is 0 Å². The highest BCUT2D eigenvalue weighted by Crippen LogP contribution is 2.54. The molecule has 0 aliphatic carbocycles. The molecule has 0 aromatic rings. The molecule has 0 spiro atoms. The number of hydrogen-bond donors (Lipinski definition) is 4. The molecule has 3 N–H and O–H groups in total. The normalized spacial score (nSPS) is 35.8. The molecule has 24 heteroatoms. The lowest BCUT2D eigenvalue weighted by Crippen LogP contribution is -2.31. The zero-order chi connectivity index (χ0) is 33.3. The molecule has 45 heavy (non-hydrogen) atoms. The summed E-state index contributed by atoms with van der Waals surface area (Å²) in [5, 5.41) is 9.35. The number of thiol groups is 1. The first-order valence-electron chi connectivity index (χ1n) is 13.8. The summed E-state index contributed by atoms with van der Waals surface area (Å²) in [5.74, 6) is 0.439. The lowest BCUT2D eigenvalue weighted by Gasteiger charge is -2.26. The average molecular weight is 715 g/mol. The Kier molecular flexibility index (Phi) is 16.1. The molecule has 3 rings (SSSR count). The predicted molar refractivity (Wildman–Crippen MR) is 160 cm³/mol. The first-order valence-corrected chi connectivity index (χ1v) is 18.9. The Morgan fingerprint density at radius 1 is 0.756 bits per heavy atom. The van der Waals surface area contributed by atoms with E-state index < -0.39 is 97.9 Å². The number of phosphoric acid groups is 3. The van der Waals surface area contributed by atoms with Gasteiger partial charge in [0.05, 0.1) is 44.7 Å². The van der Waals surface area contributed by atoms with Gasteiger partial charge in [-0.05, 0) is 31.4 Å². The van der Waals surface area contributed by atoms with E-state index in [9.17, 15) is 28.6 Å². The maximum Gasteiger partial charge on any atom is 0.475 e. The van der Waals surface area contributed by atoms with Gasteiger partial charge in [0.2, 0.25) is 6.54 Å². The van der Waals surface area contributed by atoms with Gasteiger partial charge >= 0.3 is 23.5 Å². The number of aliphatic hydroxyl groups is 1. The van der Waals surface area contributed by atoms with Crippen LogP contribution in [0.4, 0.5) is 0 Å². The van der Waals surface area contributed by atoms with Crippen molar-refractivity contribution in [1.82, 2.24) is 0 Å². The standard InChI is InChI=1S/C21H35B3NO16P3S/c1-25-3-5-33-44(31,32-4-2-6-45)41-15-9-21(24)38-18(15)12-35-43(29,30)40-14-8-20(23)37-17(14)11-34-42(27,28)39-13-7-19(22)36-16(13)10-26/h13-21,26,45H,2-12H2,(H,27,28)(H,29,30)/t13-,14-,15-,16-,17-,18-,19-,20-,21-,44?/m1/s1. The number of aliphatic hydroxyl groups excluding tert-OH is 1. The Hall–Kier alpha value is 0.205. The van der Waals surface area contributed by atoms with E-state index in [0.717, 1.165) is 0 Å². The summed E-state index contributed by atoms with van der Waals surface area (Å²) in [4.78, 5) is 23.7. The summed E-state index contributed by atoms with van der Waals surface area (Å²) in [5.41, 5.74) is 0. The van der Waals surface area contributed by atoms with Crippen molar-refractivity contribution >= 4 is 59.6 Å². The molecule has 0 saturated carbocycles. The van der Waals surface area contributed by atoms with Crippen LogP contribution in [0.1, 0.15) is 25.7 Å². The topological polar surface area (TPSA) is 209 Å². The van der Waals surface area contributed by atoms with Crippen LogP contribution in [0.3, 0.4) is 0 Å². The molecule has 3 fully saturated rings. The van der Waals surface area contributed by atoms with Gasteiger partial charge in [0.15, 0.2) is 0 Å². The Morgan fingerprint density at radius 3 is 1.67 bits per heavy atom. The second-order valence-corrected chi connectivity index (χ2v) is 14.9. The van der Waals surface area contributed by atoms with Crippen LogP contribution in [0.5, 0.6) is 0 Å². The SMILES string of the molecule is [B][C@H]1C[C@@H](OP(=O)(O)OC[C@H]2O[C@@H]([B])C[C@H]2OP(=O)(O)OC[C@H]2O[C@@H]([B])C[C@H]2OP(=O)(OCCCS)OCC[N+]#[C-])[C@@H](CO)O1. The van der Waals surface area contributed by atoms with Crippen molar-refractivity contribution in [1.29, 1.82) is 0 Å². The summed E-state index contributed by atoms with van der Waals surface area (Å²) in [7, 11) is 3.50. The summed E-state index contributed by atoms with van der Waals surface area (Å²) in [6.07, 6.45) is -6.19. The predicted octanol–water partition coefficient (Wildman–Crippen LogP) is 0.599. The molecule has 3 saturated heterocycles. The van der Waals surface area contributed by atoms with Crippen LogP contribution in [0.2, 0.25) is 0 Å². The molecule has 0 aromatic heterocycles. The number of rotatable bonds is 20. The van der Waals surface area contributed by atoms with Gasteiger partial charge in [0, 0.05) is 18.0 Å². The van der Waals surface area contributed by atoms with Gasteiger partial charge in [0.25, 0.3) is 0 Å². The molecule has 250 valence electrons. The van der Waals surface area contributed by atoms with E-state index in [1.54, 1.807) is 0 Å². The quantitative estimate of drug-likeness (QED) is 0.0448. The third-order valence-electron chi connectivity index (χ3n) is 6.48. The van der Waals surface area contributed by atoms with Gasteiger partial charge in [-0.1, -0.05) is 0 Å². The number of nitrogens with zero attached hydrogens (tertiary/aromatic N) is 1. The molecular formula is C21H35B3NO16P3S. The minimum Gasteiger partial charge on any atom is -0.394 e. The minimum atomic E-state index is -4.87. The van der Waals surface area contributed by atoms with Gasteiger partial charge in [-0.3, -0.25) is 31.7 Å². The third kappa shape index (κ3) is 13.2. The summed E-state index contributed by atoms with van der Waals surface area (Å²) in [6, 6.07) is -2.69. The van der Waals surface area contributed by atoms with Crippen LogP contribution in [0, 0.1) is 6.57 Å². The van der Waals surface area contributed by atoms with Gasteiger partial charge in [-0.25, -0.2) is 20.3 Å². The molecule has 3 unspecified atom stereocenters. The Bertz CT molecular complexity index is 1130. The maximum absolute atomic E-state index is 13.2. The van der Waals surface area contributed by atoms with Crippen molar-refractivity contribution in [3.05, 3.63) is 11.4 Å². The van der Waals surface area contributed by atoms with E-state index >= 15 is 0 Å². The maximum atomic E-state index is 13.2. The average Bonchev–Trinajstić information content (AvgIpc) is 3.60. The van der Waals surface area contributed by atoms with E-state index in [1.165, 1.54) is 0 Å². The van der Waals surface area contributed by atoms with Crippen LogP contribution in [0.15, 0.2) is 0 Å². The van der Waals surface area contributed by atoms with Crippen molar-refractivity contribution < 1.29 is 74.5 Å². The number of hydrogen-bond acceptors (Lipinski definition) is 15. The van der Waals surface area contributed by atoms with Crippen LogP contribution in [-0.4, -0.2) is 138 Å². The van der Waals surface area contributed by atoms with Crippen LogP contribution < -0.4 is 0 Å². The minimum absolute atomic E-state index is 0.00268. The van der Waals surface area contributed by atoms with Crippen LogP contribution in [-0.2, 0) is 59.6 Å². The fourth-order valence-corrected chi connectivity index (χ4v) is 7.93. The molecule has 0 bridgehead atoms. The summed E-state index contributed by atoms with van der Waals surface area (Å²) in [6.45, 7) is 4.77. The fourth-order valence-electron chi connectivity index (χ4n) is 4.47. The molecule has 0 amide bonds. The van der Waals surface area contributed by atoms with Gasteiger partial charge in [0.1, 0.15) is 48.5 Å². The number of phosphoric ester groups is 3. The largest absolute Gasteiger partial charge is 0.475 e. The highest BCUT2D eigenvalue weighted by Gasteiger charge is 2.45. The van der Waals surface area contributed by atoms with E-state index in [4.69, 9.17) is 76.0 Å². The molecule has 17 nitrogen and oxygen atoms in total. The smallest absolute Gasteiger partial charge is 0.394 e. The Morgan fingerprint density at radius 2 is 1.20 bits per heavy atom. The van der Waals surface area contributed by atoms with Crippen molar-refractivity contribution in [3.63, 3.8) is 0 Å². The monoisotopic (exact) mass is 715 g/mol. The number of ether oxygens (including phenoxy) is 3. The third-order valence-corrected chi connectivity index (χ3v) is 10.3. The molecule has 12 atom stereocenters. The summed E-state index contributed by atoms with van der Waals surface area (Å²) >= 11 is 4.07. The van der Waals surface area contributed by atoms with Crippen molar-refractivity contribution in [2.75, 3.05) is 45.3 Å². The zero-order valence-corrected chi connectivity index (χ0v) is 27.7. The molecular weight excluding hydrogens is 680 g/mol. The van der Waals surface area contributed by atoms with Crippen molar-refractivity contribution in [2.45, 2.75) is 80.3 Å². The highest BCUT2D eigenvalue weighted by atomic mass is 32.1. The fraction of sp³-hybridized carbons (Fsp3) is 0.952. The molecule has 3 aliphatic heterocycles. The lowest BCUT2D eigenvalue weighted by molar-refractivity contribution is -0.0329. The van der Waals surface area contributed by atoms with E-state index in [2.05, 4.69) is 17.5 Å². The summed E-state index contributed by atoms with van der Waals surface area (Å²) < 4.78 is 91.2. The lowest BCUT2D eigenvalue weighted by atomic mass is 9.96. The first kappa shape index (κ1) is 39.6. The zero-order valence-electron chi connectivity index (χ0n) is 24.1. The molecule has 3 heterocycles. The molecule has 0 aromatic carbocycles.